The van der Waals surface area contributed by atoms with Gasteiger partial charge in [-0.15, -0.1) is 0 Å². The zero-order valence-corrected chi connectivity index (χ0v) is 33.7. The largest absolute Gasteiger partial charge is 0.461 e. The molecule has 10 nitrogen and oxygen atoms in total. The van der Waals surface area contributed by atoms with Crippen molar-refractivity contribution in [2.24, 2.45) is 0 Å². The van der Waals surface area contributed by atoms with Crippen molar-refractivity contribution in [3.63, 3.8) is 0 Å². The Balaban J connectivity index is -0.000000717. The fourth-order valence-electron chi connectivity index (χ4n) is 3.14. The Morgan fingerprint density at radius 3 is 0.603 bits per heavy atom. The molecule has 0 aliphatic carbocycles. The van der Waals surface area contributed by atoms with E-state index in [0.29, 0.717) is 7.18 Å². The maximum Gasteiger partial charge on any atom is 0.461 e. The smallest absolute Gasteiger partial charge is 0.343 e. The van der Waals surface area contributed by atoms with E-state index in [4.69, 9.17) is 28.4 Å². The summed E-state index contributed by atoms with van der Waals surface area (Å²) in [6.07, 6.45) is -14.1. The zero-order chi connectivity index (χ0) is 52.0. The molecular formula is C26H33F25O10S2. The molecule has 3 saturated heterocycles. The molecule has 3 aliphatic rings. The van der Waals surface area contributed by atoms with Gasteiger partial charge in [-0.2, -0.15) is 87.1 Å². The molecule has 0 saturated carbocycles. The van der Waals surface area contributed by atoms with Gasteiger partial charge in [-0.25, -0.2) is 26.3 Å². The minimum Gasteiger partial charge on any atom is -0.343 e. The monoisotopic (exact) mass is 1040 g/mol. The average Bonchev–Trinajstić information content (AvgIpc) is 3.83. The molecule has 384 valence electrons. The SMILES string of the molecule is CC(F)(F)C1(C)OCCO1.CC(F)(F)C1(C)OCCO1.CC(F)(F)C1(C)OCCO1.CF.O=S(=O)(F)C(F)(F)C(F)(F)C(F)(F)C(F)(F)F.O=S(=O)(F)C(F)(F)C(F)(F)C(F)(F)F. The second-order valence-corrected chi connectivity index (χ2v) is 15.0. The standard InChI is InChI=1S/3C6H10F2O2.C4F10O2S.C3F8O2S.CH3F/c3*1-5(7,8)6(2)9-3-4-10-6;5-1(6,3(9,10)11)2(7,8)4(12,13)17(14,15)16;4-1(5,2(6,7)8)3(9,10)14(11,12)13;1-2/h3*3-4H2,1-2H3;;;1H3. The Hall–Kier alpha value is -2.09. The lowest BCUT2D eigenvalue weighted by Crippen LogP contribution is -2.62. The highest BCUT2D eigenvalue weighted by atomic mass is 32.3. The Morgan fingerprint density at radius 2 is 0.508 bits per heavy atom. The van der Waals surface area contributed by atoms with Gasteiger partial charge in [-0.1, -0.05) is 7.77 Å². The van der Waals surface area contributed by atoms with Crippen LogP contribution in [0.15, 0.2) is 0 Å². The molecule has 0 aromatic rings. The Labute approximate surface area is 339 Å². The molecule has 0 radical (unpaired) electrons. The molecule has 0 atom stereocenters. The van der Waals surface area contributed by atoms with Gasteiger partial charge in [0, 0.05) is 20.8 Å². The van der Waals surface area contributed by atoms with Crippen LogP contribution in [0.5, 0.6) is 0 Å². The van der Waals surface area contributed by atoms with Gasteiger partial charge in [-0.3, -0.25) is 4.39 Å². The lowest BCUT2D eigenvalue weighted by atomic mass is 10.1. The van der Waals surface area contributed by atoms with E-state index in [9.17, 15) is 126 Å². The van der Waals surface area contributed by atoms with E-state index in [-0.39, 0.29) is 39.6 Å². The van der Waals surface area contributed by atoms with Crippen LogP contribution < -0.4 is 0 Å². The van der Waals surface area contributed by atoms with E-state index in [1.54, 1.807) is 0 Å². The number of halogens is 25. The number of ether oxygens (including phenoxy) is 6. The van der Waals surface area contributed by atoms with E-state index in [1.807, 2.05) is 0 Å². The summed E-state index contributed by atoms with van der Waals surface area (Å²) < 4.78 is 361. The van der Waals surface area contributed by atoms with E-state index in [0.717, 1.165) is 20.8 Å². The lowest BCUT2D eigenvalue weighted by molar-refractivity contribution is -0.382. The molecule has 0 unspecified atom stereocenters. The Kier molecular flexibility index (Phi) is 21.6. The first kappa shape index (κ1) is 65.2. The number of hydrogen-bond donors (Lipinski definition) is 0. The highest BCUT2D eigenvalue weighted by Gasteiger charge is 2.86. The molecule has 0 N–H and O–H groups in total. The summed E-state index contributed by atoms with van der Waals surface area (Å²) in [4.78, 5) is 0. The first-order chi connectivity index (χ1) is 27.1. The van der Waals surface area contributed by atoms with Crippen molar-refractivity contribution in [3.8, 4) is 0 Å². The molecule has 0 spiro atoms. The number of rotatable bonds is 8. The van der Waals surface area contributed by atoms with Crippen LogP contribution in [-0.2, 0) is 48.9 Å². The van der Waals surface area contributed by atoms with Crippen molar-refractivity contribution in [1.82, 2.24) is 0 Å². The predicted molar refractivity (Wildman–Crippen MR) is 157 cm³/mol. The van der Waals surface area contributed by atoms with Crippen LogP contribution in [0.4, 0.5) is 109 Å². The molecule has 63 heavy (non-hydrogen) atoms. The van der Waals surface area contributed by atoms with Gasteiger partial charge < -0.3 is 28.4 Å². The minimum atomic E-state index is -7.67. The highest BCUT2D eigenvalue weighted by molar-refractivity contribution is 7.87. The van der Waals surface area contributed by atoms with Crippen molar-refractivity contribution in [3.05, 3.63) is 0 Å². The Morgan fingerprint density at radius 1 is 0.349 bits per heavy atom. The fraction of sp³-hybridized carbons (Fsp3) is 1.00. The van der Waals surface area contributed by atoms with Crippen LogP contribution in [0.1, 0.15) is 41.5 Å². The summed E-state index contributed by atoms with van der Waals surface area (Å²) in [6, 6.07) is 0. The third-order valence-corrected chi connectivity index (χ3v) is 9.09. The summed E-state index contributed by atoms with van der Waals surface area (Å²) in [5.41, 5.74) is 0. The van der Waals surface area contributed by atoms with E-state index >= 15 is 0 Å². The van der Waals surface area contributed by atoms with Crippen molar-refractivity contribution in [2.75, 3.05) is 46.8 Å². The summed E-state index contributed by atoms with van der Waals surface area (Å²) in [5.74, 6) is -35.8. The second-order valence-electron chi connectivity index (χ2n) is 12.2. The van der Waals surface area contributed by atoms with Crippen molar-refractivity contribution < 1.29 is 154 Å². The normalized spacial score (nSPS) is 19.9. The molecule has 3 rings (SSSR count). The zero-order valence-electron chi connectivity index (χ0n) is 32.1. The summed E-state index contributed by atoms with van der Waals surface area (Å²) in [7, 11) is -14.5. The van der Waals surface area contributed by atoms with Crippen LogP contribution >= 0.6 is 0 Å². The molecule has 3 aliphatic heterocycles. The molecular weight excluding hydrogens is 1010 g/mol. The number of alkyl halides is 23. The fourth-order valence-corrected chi connectivity index (χ4v) is 3.99. The van der Waals surface area contributed by atoms with Crippen LogP contribution in [0.3, 0.4) is 0 Å². The van der Waals surface area contributed by atoms with Gasteiger partial charge in [0.1, 0.15) is 0 Å². The second kappa shape index (κ2) is 20.8. The summed E-state index contributed by atoms with van der Waals surface area (Å²) in [5, 5.41) is -14.1. The van der Waals surface area contributed by atoms with Gasteiger partial charge in [0.2, 0.25) is 17.4 Å². The van der Waals surface area contributed by atoms with Crippen LogP contribution in [0, 0.1) is 0 Å². The van der Waals surface area contributed by atoms with Crippen molar-refractivity contribution in [2.45, 2.75) is 117 Å². The Bertz CT molecular complexity index is 1540. The molecule has 3 fully saturated rings. The van der Waals surface area contributed by atoms with Gasteiger partial charge in [0.05, 0.1) is 46.8 Å². The first-order valence-electron chi connectivity index (χ1n) is 15.4. The molecule has 3 heterocycles. The molecule has 0 aromatic carbocycles. The van der Waals surface area contributed by atoms with Gasteiger partial charge in [0.25, 0.3) is 17.8 Å². The maximum atomic E-state index is 12.6. The van der Waals surface area contributed by atoms with Crippen molar-refractivity contribution >= 4 is 20.4 Å². The first-order valence-corrected chi connectivity index (χ1v) is 18.1. The third-order valence-electron chi connectivity index (χ3n) is 7.36. The van der Waals surface area contributed by atoms with Gasteiger partial charge in [-0.05, 0) is 20.8 Å². The molecule has 0 bridgehead atoms. The summed E-state index contributed by atoms with van der Waals surface area (Å²) in [6.45, 7) is 7.62. The van der Waals surface area contributed by atoms with E-state index < -0.39 is 96.2 Å². The van der Waals surface area contributed by atoms with Gasteiger partial charge in [0.15, 0.2) is 0 Å². The third kappa shape index (κ3) is 15.2. The molecule has 0 aromatic heterocycles. The topological polar surface area (TPSA) is 124 Å². The van der Waals surface area contributed by atoms with E-state index in [2.05, 4.69) is 0 Å². The lowest BCUT2D eigenvalue weighted by Gasteiger charge is -2.31. The highest BCUT2D eigenvalue weighted by Crippen LogP contribution is 2.55. The van der Waals surface area contributed by atoms with Crippen LogP contribution in [0.2, 0.25) is 0 Å². The molecule has 37 heteroatoms. The average molecular weight is 1040 g/mol. The summed E-state index contributed by atoms with van der Waals surface area (Å²) >= 11 is 0. The van der Waals surface area contributed by atoms with Crippen LogP contribution in [0.25, 0.3) is 0 Å². The quantitative estimate of drug-likeness (QED) is 0.172. The van der Waals surface area contributed by atoms with E-state index in [1.165, 1.54) is 20.8 Å². The van der Waals surface area contributed by atoms with Crippen molar-refractivity contribution in [1.29, 1.82) is 0 Å². The van der Waals surface area contributed by atoms with Crippen LogP contribution in [-0.4, -0.2) is 139 Å². The maximum absolute atomic E-state index is 12.6. The minimum absolute atomic E-state index is 0.250. The predicted octanol–water partition coefficient (Wildman–Crippen LogP) is 9.59. The molecule has 0 amide bonds. The van der Waals surface area contributed by atoms with Gasteiger partial charge >= 0.3 is 61.1 Å². The number of hydrogen-bond acceptors (Lipinski definition) is 10.